The first-order valence-electron chi connectivity index (χ1n) is 11.8. The quantitative estimate of drug-likeness (QED) is 0.469. The molecule has 4 rings (SSSR count). The van der Waals surface area contributed by atoms with Gasteiger partial charge in [-0.25, -0.2) is 0 Å². The molecule has 3 heterocycles. The molecule has 0 saturated heterocycles. The molecule has 0 bridgehead atoms. The van der Waals surface area contributed by atoms with E-state index >= 15 is 0 Å². The molecule has 0 radical (unpaired) electrons. The van der Waals surface area contributed by atoms with Crippen LogP contribution in [0.4, 0.5) is 0 Å². The first-order valence-corrected chi connectivity index (χ1v) is 11.8. The number of benzene rings is 1. The van der Waals surface area contributed by atoms with Gasteiger partial charge in [0.2, 0.25) is 0 Å². The Bertz CT molecular complexity index is 1160. The van der Waals surface area contributed by atoms with Crippen LogP contribution in [0, 0.1) is 20.8 Å². The smallest absolute Gasteiger partial charge is 0.289 e. The molecule has 0 unspecified atom stereocenters. The third-order valence-corrected chi connectivity index (χ3v) is 6.91. The van der Waals surface area contributed by atoms with Gasteiger partial charge in [-0.15, -0.1) is 0 Å². The molecule has 1 aliphatic rings. The van der Waals surface area contributed by atoms with E-state index in [4.69, 9.17) is 9.15 Å². The second-order valence-electron chi connectivity index (χ2n) is 9.64. The van der Waals surface area contributed by atoms with Gasteiger partial charge in [-0.05, 0) is 112 Å². The van der Waals surface area contributed by atoms with E-state index in [1.54, 1.807) is 23.4 Å². The number of nitrogens with zero attached hydrogens (tertiary/aromatic N) is 2. The van der Waals surface area contributed by atoms with Crippen molar-refractivity contribution in [3.05, 3.63) is 81.6 Å². The third-order valence-electron chi connectivity index (χ3n) is 6.91. The summed E-state index contributed by atoms with van der Waals surface area (Å²) in [6.45, 7) is 13.9. The predicted molar refractivity (Wildman–Crippen MR) is 130 cm³/mol. The van der Waals surface area contributed by atoms with E-state index in [2.05, 4.69) is 39.6 Å². The van der Waals surface area contributed by atoms with Gasteiger partial charge in [-0.2, -0.15) is 0 Å². The van der Waals surface area contributed by atoms with Crippen molar-refractivity contribution in [2.24, 2.45) is 0 Å². The first-order chi connectivity index (χ1) is 15.7. The second kappa shape index (κ2) is 9.05. The minimum Gasteiger partial charge on any atom is -0.487 e. The highest BCUT2D eigenvalue weighted by molar-refractivity contribution is 5.91. The monoisotopic (exact) mass is 446 g/mol. The van der Waals surface area contributed by atoms with Crippen LogP contribution in [0.3, 0.4) is 0 Å². The summed E-state index contributed by atoms with van der Waals surface area (Å²) in [5.41, 5.74) is 7.22. The van der Waals surface area contributed by atoms with Crippen LogP contribution in [0.1, 0.15) is 76.9 Å². The van der Waals surface area contributed by atoms with E-state index in [0.29, 0.717) is 25.3 Å². The lowest BCUT2D eigenvalue weighted by atomic mass is 9.84. The number of carbonyl (C=O) groups excluding carboxylic acids is 1. The summed E-state index contributed by atoms with van der Waals surface area (Å²) < 4.78 is 12.4. The maximum absolute atomic E-state index is 13.1. The molecule has 0 saturated carbocycles. The van der Waals surface area contributed by atoms with Crippen LogP contribution in [-0.2, 0) is 19.4 Å². The third kappa shape index (κ3) is 4.68. The molecule has 0 N–H and O–H groups in total. The van der Waals surface area contributed by atoms with Gasteiger partial charge in [-0.1, -0.05) is 0 Å². The van der Waals surface area contributed by atoms with Crippen LogP contribution in [0.25, 0.3) is 0 Å². The van der Waals surface area contributed by atoms with Crippen molar-refractivity contribution in [3.8, 4) is 5.75 Å². The van der Waals surface area contributed by atoms with E-state index in [9.17, 15) is 4.79 Å². The molecule has 1 amide bonds. The largest absolute Gasteiger partial charge is 0.487 e. The van der Waals surface area contributed by atoms with Gasteiger partial charge in [-0.3, -0.25) is 9.78 Å². The fourth-order valence-corrected chi connectivity index (χ4v) is 4.67. The first kappa shape index (κ1) is 23.1. The molecular weight excluding hydrogens is 412 g/mol. The molecule has 1 aromatic carbocycles. The van der Waals surface area contributed by atoms with Crippen molar-refractivity contribution < 1.29 is 13.9 Å². The van der Waals surface area contributed by atoms with Gasteiger partial charge in [0.25, 0.3) is 5.91 Å². The highest BCUT2D eigenvalue weighted by Gasteiger charge is 2.31. The fraction of sp³-hybridized carbons (Fsp3) is 0.429. The number of furan rings is 1. The highest BCUT2D eigenvalue weighted by Crippen LogP contribution is 2.41. The molecule has 2 aromatic heterocycles. The Balaban J connectivity index is 1.56. The summed E-state index contributed by atoms with van der Waals surface area (Å²) >= 11 is 0. The Morgan fingerprint density at radius 3 is 2.48 bits per heavy atom. The van der Waals surface area contributed by atoms with E-state index < -0.39 is 0 Å². The topological polar surface area (TPSA) is 55.6 Å². The summed E-state index contributed by atoms with van der Waals surface area (Å²) in [6, 6.07) is 7.59. The van der Waals surface area contributed by atoms with Gasteiger partial charge >= 0.3 is 0 Å². The Labute approximate surface area is 196 Å². The molecule has 0 aliphatic carbocycles. The van der Waals surface area contributed by atoms with Gasteiger partial charge in [0.15, 0.2) is 5.76 Å². The van der Waals surface area contributed by atoms with Crippen molar-refractivity contribution in [3.63, 3.8) is 0 Å². The van der Waals surface area contributed by atoms with Crippen molar-refractivity contribution in [1.29, 1.82) is 0 Å². The standard InChI is InChI=1S/C28H34N2O3/c1-7-30(17-21-11-14-29-15-12-21)27(31)25-9-8-22(32-25)16-24-18(2)19(3)26-23(20(24)4)10-13-28(5,6)33-26/h8-9,11-12,14-15H,7,10,13,16-17H2,1-6H3. The van der Waals surface area contributed by atoms with Gasteiger partial charge in [0.05, 0.1) is 0 Å². The number of carbonyl (C=O) groups is 1. The zero-order chi connectivity index (χ0) is 23.8. The lowest BCUT2D eigenvalue weighted by Gasteiger charge is -2.35. The van der Waals surface area contributed by atoms with Crippen LogP contribution in [0.15, 0.2) is 41.1 Å². The van der Waals surface area contributed by atoms with E-state index in [1.807, 2.05) is 25.1 Å². The normalized spacial score (nSPS) is 14.5. The number of ether oxygens (including phenoxy) is 1. The molecule has 0 atom stereocenters. The average Bonchev–Trinajstić information content (AvgIpc) is 3.27. The fourth-order valence-electron chi connectivity index (χ4n) is 4.67. The number of pyridine rings is 1. The van der Waals surface area contributed by atoms with E-state index in [1.165, 1.54) is 27.8 Å². The molecule has 0 spiro atoms. The molecule has 174 valence electrons. The zero-order valence-electron chi connectivity index (χ0n) is 20.6. The maximum atomic E-state index is 13.1. The van der Waals surface area contributed by atoms with Crippen LogP contribution in [0.5, 0.6) is 5.75 Å². The van der Waals surface area contributed by atoms with Crippen LogP contribution in [0.2, 0.25) is 0 Å². The Morgan fingerprint density at radius 2 is 1.79 bits per heavy atom. The van der Waals surface area contributed by atoms with Crippen LogP contribution >= 0.6 is 0 Å². The lowest BCUT2D eigenvalue weighted by Crippen LogP contribution is -2.33. The predicted octanol–water partition coefficient (Wildman–Crippen LogP) is 5.96. The SMILES string of the molecule is CCN(Cc1ccncc1)C(=O)c1ccc(Cc2c(C)c(C)c3c(c2C)CCC(C)(C)O3)o1. The van der Waals surface area contributed by atoms with Crippen molar-refractivity contribution >= 4 is 5.91 Å². The Hall–Kier alpha value is -3.08. The molecule has 3 aromatic rings. The molecule has 0 fully saturated rings. The minimum atomic E-state index is -0.129. The zero-order valence-corrected chi connectivity index (χ0v) is 20.6. The summed E-state index contributed by atoms with van der Waals surface area (Å²) in [5, 5.41) is 0. The summed E-state index contributed by atoms with van der Waals surface area (Å²) in [4.78, 5) is 18.9. The van der Waals surface area contributed by atoms with Gasteiger partial charge < -0.3 is 14.1 Å². The van der Waals surface area contributed by atoms with Gasteiger partial charge in [0.1, 0.15) is 17.1 Å². The average molecular weight is 447 g/mol. The molecule has 5 heteroatoms. The molecular formula is C28H34N2O3. The Morgan fingerprint density at radius 1 is 1.06 bits per heavy atom. The molecule has 33 heavy (non-hydrogen) atoms. The number of aromatic nitrogens is 1. The van der Waals surface area contributed by atoms with E-state index in [0.717, 1.165) is 29.9 Å². The van der Waals surface area contributed by atoms with Crippen molar-refractivity contribution in [2.45, 2.75) is 73.0 Å². The number of fused-ring (bicyclic) bond motifs is 1. The molecule has 1 aliphatic heterocycles. The second-order valence-corrected chi connectivity index (χ2v) is 9.64. The summed E-state index contributed by atoms with van der Waals surface area (Å²) in [7, 11) is 0. The highest BCUT2D eigenvalue weighted by atomic mass is 16.5. The lowest BCUT2D eigenvalue weighted by molar-refractivity contribution is 0.0718. The number of rotatable bonds is 6. The summed E-state index contributed by atoms with van der Waals surface area (Å²) in [6.07, 6.45) is 6.18. The van der Waals surface area contributed by atoms with Crippen molar-refractivity contribution in [2.75, 3.05) is 6.54 Å². The number of hydrogen-bond acceptors (Lipinski definition) is 4. The number of amides is 1. The minimum absolute atomic E-state index is 0.0914. The number of hydrogen-bond donors (Lipinski definition) is 0. The van der Waals surface area contributed by atoms with Gasteiger partial charge in [0, 0.05) is 31.9 Å². The van der Waals surface area contributed by atoms with Crippen LogP contribution < -0.4 is 4.74 Å². The summed E-state index contributed by atoms with van der Waals surface area (Å²) in [5.74, 6) is 2.15. The van der Waals surface area contributed by atoms with E-state index in [-0.39, 0.29) is 11.5 Å². The van der Waals surface area contributed by atoms with Crippen molar-refractivity contribution in [1.82, 2.24) is 9.88 Å². The Kier molecular flexibility index (Phi) is 6.33. The molecule has 5 nitrogen and oxygen atoms in total. The maximum Gasteiger partial charge on any atom is 0.289 e. The van der Waals surface area contributed by atoms with Crippen LogP contribution in [-0.4, -0.2) is 27.9 Å².